The molecule has 0 radical (unpaired) electrons. The van der Waals surface area contributed by atoms with Gasteiger partial charge in [0.25, 0.3) is 0 Å². The summed E-state index contributed by atoms with van der Waals surface area (Å²) < 4.78 is 0. The lowest BCUT2D eigenvalue weighted by molar-refractivity contribution is -0.123. The molecule has 7 heteroatoms. The number of hydrogen-bond donors (Lipinski definition) is 2. The van der Waals surface area contributed by atoms with Crippen LogP contribution in [0.5, 0.6) is 0 Å². The van der Waals surface area contributed by atoms with Crippen LogP contribution in [0.15, 0.2) is 24.5 Å². The molecule has 0 aliphatic carbocycles. The predicted octanol–water partition coefficient (Wildman–Crippen LogP) is 0.433. The minimum absolute atomic E-state index is 0.0366. The average Bonchev–Trinajstić information content (AvgIpc) is 2.53. The molecule has 1 aromatic heterocycles. The first-order valence-electron chi connectivity index (χ1n) is 7.98. The van der Waals surface area contributed by atoms with Gasteiger partial charge in [0.15, 0.2) is 0 Å². The summed E-state index contributed by atoms with van der Waals surface area (Å²) in [7, 11) is 0. The van der Waals surface area contributed by atoms with Crippen molar-refractivity contribution in [2.45, 2.75) is 26.4 Å². The number of piperazine rings is 1. The molecule has 1 saturated heterocycles. The summed E-state index contributed by atoms with van der Waals surface area (Å²) in [4.78, 5) is 31.8. The zero-order valence-corrected chi connectivity index (χ0v) is 13.8. The molecule has 1 fully saturated rings. The van der Waals surface area contributed by atoms with Gasteiger partial charge in [-0.1, -0.05) is 6.07 Å². The molecular weight excluding hydrogens is 294 g/mol. The van der Waals surface area contributed by atoms with Crippen LogP contribution in [0.25, 0.3) is 0 Å². The average molecular weight is 319 g/mol. The molecular formula is C16H25N5O2. The number of rotatable bonds is 5. The number of amides is 3. The van der Waals surface area contributed by atoms with Crippen LogP contribution in [-0.4, -0.2) is 65.5 Å². The lowest BCUT2D eigenvalue weighted by atomic mass is 10.3. The Morgan fingerprint density at radius 2 is 2.00 bits per heavy atom. The second kappa shape index (κ2) is 8.47. The van der Waals surface area contributed by atoms with Crippen LogP contribution in [0.4, 0.5) is 4.79 Å². The van der Waals surface area contributed by atoms with E-state index in [4.69, 9.17) is 0 Å². The molecule has 0 saturated carbocycles. The van der Waals surface area contributed by atoms with Gasteiger partial charge in [0.05, 0.1) is 6.54 Å². The Bertz CT molecular complexity index is 512. The molecule has 23 heavy (non-hydrogen) atoms. The highest BCUT2D eigenvalue weighted by Crippen LogP contribution is 2.03. The van der Waals surface area contributed by atoms with Gasteiger partial charge in [-0.05, 0) is 25.5 Å². The van der Waals surface area contributed by atoms with Gasteiger partial charge in [-0.15, -0.1) is 0 Å². The summed E-state index contributed by atoms with van der Waals surface area (Å²) in [6.07, 6.45) is 3.45. The fourth-order valence-corrected chi connectivity index (χ4v) is 2.47. The van der Waals surface area contributed by atoms with Crippen LogP contribution >= 0.6 is 0 Å². The zero-order chi connectivity index (χ0) is 16.7. The van der Waals surface area contributed by atoms with Gasteiger partial charge in [-0.25, -0.2) is 4.79 Å². The van der Waals surface area contributed by atoms with E-state index in [1.165, 1.54) is 0 Å². The van der Waals surface area contributed by atoms with Crippen LogP contribution in [0.1, 0.15) is 19.4 Å². The van der Waals surface area contributed by atoms with Gasteiger partial charge in [0.2, 0.25) is 5.91 Å². The summed E-state index contributed by atoms with van der Waals surface area (Å²) >= 11 is 0. The smallest absolute Gasteiger partial charge is 0.317 e. The zero-order valence-electron chi connectivity index (χ0n) is 13.8. The number of nitrogens with one attached hydrogen (secondary N) is 2. The first-order chi connectivity index (χ1) is 11.0. The molecule has 0 atom stereocenters. The highest BCUT2D eigenvalue weighted by molar-refractivity contribution is 5.78. The first-order valence-corrected chi connectivity index (χ1v) is 7.98. The largest absolute Gasteiger partial charge is 0.353 e. The Hall–Kier alpha value is -2.15. The Kier molecular flexibility index (Phi) is 6.34. The van der Waals surface area contributed by atoms with Crippen molar-refractivity contribution in [2.75, 3.05) is 32.7 Å². The number of pyridine rings is 1. The third-order valence-corrected chi connectivity index (χ3v) is 3.64. The van der Waals surface area contributed by atoms with Gasteiger partial charge < -0.3 is 15.5 Å². The van der Waals surface area contributed by atoms with E-state index in [1.54, 1.807) is 17.3 Å². The van der Waals surface area contributed by atoms with Crippen LogP contribution in [-0.2, 0) is 11.3 Å². The van der Waals surface area contributed by atoms with Crippen molar-refractivity contribution in [1.29, 1.82) is 0 Å². The third-order valence-electron chi connectivity index (χ3n) is 3.64. The molecule has 126 valence electrons. The van der Waals surface area contributed by atoms with E-state index in [9.17, 15) is 9.59 Å². The standard InChI is InChI=1S/C16H25N5O2/c1-13(2)19-15(22)12-20-6-8-21(9-7-20)16(23)18-11-14-4-3-5-17-10-14/h3-5,10,13H,6-9,11-12H2,1-2H3,(H,18,23)(H,19,22). The van der Waals surface area contributed by atoms with E-state index in [-0.39, 0.29) is 18.0 Å². The minimum Gasteiger partial charge on any atom is -0.353 e. The van der Waals surface area contributed by atoms with Gasteiger partial charge in [0, 0.05) is 51.2 Å². The maximum atomic E-state index is 12.1. The van der Waals surface area contributed by atoms with Gasteiger partial charge in [0.1, 0.15) is 0 Å². The van der Waals surface area contributed by atoms with Crippen LogP contribution in [0.2, 0.25) is 0 Å². The fraction of sp³-hybridized carbons (Fsp3) is 0.562. The molecule has 2 rings (SSSR count). The fourth-order valence-electron chi connectivity index (χ4n) is 2.47. The van der Waals surface area contributed by atoms with Crippen LogP contribution in [0, 0.1) is 0 Å². The summed E-state index contributed by atoms with van der Waals surface area (Å²) in [6, 6.07) is 3.86. The van der Waals surface area contributed by atoms with Crippen molar-refractivity contribution in [3.8, 4) is 0 Å². The number of nitrogens with zero attached hydrogens (tertiary/aromatic N) is 3. The van der Waals surface area contributed by atoms with E-state index in [2.05, 4.69) is 20.5 Å². The lowest BCUT2D eigenvalue weighted by Crippen LogP contribution is -2.53. The van der Waals surface area contributed by atoms with Crippen molar-refractivity contribution in [3.05, 3.63) is 30.1 Å². The molecule has 0 bridgehead atoms. The number of aromatic nitrogens is 1. The van der Waals surface area contributed by atoms with Crippen molar-refractivity contribution in [2.24, 2.45) is 0 Å². The van der Waals surface area contributed by atoms with E-state index < -0.39 is 0 Å². The van der Waals surface area contributed by atoms with E-state index >= 15 is 0 Å². The second-order valence-electron chi connectivity index (χ2n) is 6.01. The number of carbonyl (C=O) groups is 2. The molecule has 0 spiro atoms. The molecule has 0 aromatic carbocycles. The van der Waals surface area contributed by atoms with Crippen molar-refractivity contribution in [1.82, 2.24) is 25.4 Å². The Morgan fingerprint density at radius 1 is 1.26 bits per heavy atom. The van der Waals surface area contributed by atoms with E-state index in [0.717, 1.165) is 5.56 Å². The number of urea groups is 1. The molecule has 3 amide bonds. The molecule has 2 heterocycles. The van der Waals surface area contributed by atoms with Crippen molar-refractivity contribution in [3.63, 3.8) is 0 Å². The minimum atomic E-state index is -0.0693. The first kappa shape index (κ1) is 17.2. The molecule has 1 aliphatic rings. The topological polar surface area (TPSA) is 77.6 Å². The molecule has 1 aliphatic heterocycles. The Morgan fingerprint density at radius 3 is 2.61 bits per heavy atom. The van der Waals surface area contributed by atoms with Gasteiger partial charge >= 0.3 is 6.03 Å². The Balaban J connectivity index is 1.69. The third kappa shape index (κ3) is 5.86. The number of hydrogen-bond acceptors (Lipinski definition) is 4. The highest BCUT2D eigenvalue weighted by Gasteiger charge is 2.22. The van der Waals surface area contributed by atoms with Crippen molar-refractivity contribution >= 4 is 11.9 Å². The SMILES string of the molecule is CC(C)NC(=O)CN1CCN(C(=O)NCc2cccnc2)CC1. The van der Waals surface area contributed by atoms with E-state index in [0.29, 0.717) is 39.3 Å². The maximum Gasteiger partial charge on any atom is 0.317 e. The molecule has 1 aromatic rings. The summed E-state index contributed by atoms with van der Waals surface area (Å²) in [6.45, 7) is 7.46. The lowest BCUT2D eigenvalue weighted by Gasteiger charge is -2.34. The Labute approximate surface area is 137 Å². The van der Waals surface area contributed by atoms with Crippen molar-refractivity contribution < 1.29 is 9.59 Å². The van der Waals surface area contributed by atoms with E-state index in [1.807, 2.05) is 26.0 Å². The van der Waals surface area contributed by atoms with Crippen LogP contribution < -0.4 is 10.6 Å². The summed E-state index contributed by atoms with van der Waals surface area (Å²) in [5, 5.41) is 5.78. The van der Waals surface area contributed by atoms with Gasteiger partial charge in [-0.3, -0.25) is 14.7 Å². The molecule has 0 unspecified atom stereocenters. The molecule has 7 nitrogen and oxygen atoms in total. The van der Waals surface area contributed by atoms with Crippen LogP contribution in [0.3, 0.4) is 0 Å². The normalized spacial score (nSPS) is 15.5. The highest BCUT2D eigenvalue weighted by atomic mass is 16.2. The summed E-state index contributed by atoms with van der Waals surface area (Å²) in [5.74, 6) is 0.0366. The summed E-state index contributed by atoms with van der Waals surface area (Å²) in [5.41, 5.74) is 0.977. The monoisotopic (exact) mass is 319 g/mol. The number of carbonyl (C=O) groups excluding carboxylic acids is 2. The quantitative estimate of drug-likeness (QED) is 0.825. The van der Waals surface area contributed by atoms with Gasteiger partial charge in [-0.2, -0.15) is 0 Å². The molecule has 2 N–H and O–H groups in total. The second-order valence-corrected chi connectivity index (χ2v) is 6.01. The predicted molar refractivity (Wildman–Crippen MR) is 87.8 cm³/mol. The maximum absolute atomic E-state index is 12.1.